The first-order valence-electron chi connectivity index (χ1n) is 3.10. The van der Waals surface area contributed by atoms with Gasteiger partial charge in [0.2, 0.25) is 0 Å². The summed E-state index contributed by atoms with van der Waals surface area (Å²) >= 11 is 1.56. The molecule has 0 aromatic carbocycles. The summed E-state index contributed by atoms with van der Waals surface area (Å²) in [4.78, 5) is 10.4. The first kappa shape index (κ1) is 10.7. The zero-order valence-corrected chi connectivity index (χ0v) is 7.17. The van der Waals surface area contributed by atoms with E-state index in [0.29, 0.717) is 6.42 Å². The lowest BCUT2D eigenvalue weighted by Gasteiger charge is -2.17. The van der Waals surface area contributed by atoms with Crippen molar-refractivity contribution in [2.24, 2.45) is 11.7 Å². The smallest absolute Gasteiger partial charge is 0.323 e. The molecule has 5 N–H and O–H groups in total. The van der Waals surface area contributed by atoms with Gasteiger partial charge in [-0.2, -0.15) is 16.9 Å². The quantitative estimate of drug-likeness (QED) is 0.379. The van der Waals surface area contributed by atoms with Gasteiger partial charge in [-0.25, -0.2) is 0 Å². The Balaban J connectivity index is 3.80. The van der Waals surface area contributed by atoms with Crippen LogP contribution >= 0.6 is 11.8 Å². The van der Waals surface area contributed by atoms with E-state index >= 15 is 0 Å². The van der Waals surface area contributed by atoms with Crippen LogP contribution in [0.5, 0.6) is 0 Å². The van der Waals surface area contributed by atoms with Crippen molar-refractivity contribution in [1.82, 2.24) is 5.12 Å². The topological polar surface area (TPSA) is 92.6 Å². The van der Waals surface area contributed by atoms with Gasteiger partial charge < -0.3 is 5.11 Å². The number of hydrazine groups is 2. The first-order valence-corrected chi connectivity index (χ1v) is 4.49. The molecule has 0 saturated heterocycles. The van der Waals surface area contributed by atoms with Gasteiger partial charge in [0.1, 0.15) is 6.04 Å². The van der Waals surface area contributed by atoms with Gasteiger partial charge in [-0.05, 0) is 18.4 Å². The molecule has 0 unspecified atom stereocenters. The number of nitrogens with zero attached hydrogens (tertiary/aromatic N) is 1. The fourth-order valence-electron chi connectivity index (χ4n) is 0.630. The number of nitrogens with two attached hydrogens (primary N) is 2. The van der Waals surface area contributed by atoms with E-state index in [1.165, 1.54) is 0 Å². The zero-order chi connectivity index (χ0) is 8.85. The molecule has 6 heteroatoms. The molecule has 0 aromatic rings. The van der Waals surface area contributed by atoms with E-state index in [9.17, 15) is 4.79 Å². The third kappa shape index (κ3) is 4.20. The molecule has 0 spiro atoms. The van der Waals surface area contributed by atoms with Crippen LogP contribution in [0.15, 0.2) is 0 Å². The Hall–Kier alpha value is -0.300. The molecule has 0 bridgehead atoms. The Morgan fingerprint density at radius 3 is 2.55 bits per heavy atom. The number of carboxylic acids is 1. The normalized spacial score (nSPS) is 13.5. The van der Waals surface area contributed by atoms with Crippen molar-refractivity contribution in [2.45, 2.75) is 12.5 Å². The Morgan fingerprint density at radius 1 is 1.73 bits per heavy atom. The maximum absolute atomic E-state index is 10.4. The largest absolute Gasteiger partial charge is 0.480 e. The first-order chi connectivity index (χ1) is 5.09. The molecule has 11 heavy (non-hydrogen) atoms. The number of carboxylic acid groups (broad SMARTS) is 1. The van der Waals surface area contributed by atoms with E-state index in [0.717, 1.165) is 10.9 Å². The van der Waals surface area contributed by atoms with Crippen molar-refractivity contribution in [3.8, 4) is 0 Å². The number of aliphatic carboxylic acids is 1. The molecule has 0 heterocycles. The van der Waals surface area contributed by atoms with Crippen LogP contribution in [0.2, 0.25) is 0 Å². The van der Waals surface area contributed by atoms with Crippen molar-refractivity contribution in [3.05, 3.63) is 0 Å². The van der Waals surface area contributed by atoms with Crippen LogP contribution in [-0.2, 0) is 4.79 Å². The Labute approximate surface area is 69.7 Å². The molecule has 0 aliphatic heterocycles. The fourth-order valence-corrected chi connectivity index (χ4v) is 1.09. The van der Waals surface area contributed by atoms with E-state index in [2.05, 4.69) is 0 Å². The third-order valence-corrected chi connectivity index (χ3v) is 1.88. The highest BCUT2D eigenvalue weighted by molar-refractivity contribution is 7.98. The second kappa shape index (κ2) is 5.36. The average Bonchev–Trinajstić information content (AvgIpc) is 1.87. The molecule has 0 rings (SSSR count). The monoisotopic (exact) mass is 179 g/mol. The van der Waals surface area contributed by atoms with Gasteiger partial charge in [-0.15, -0.1) is 0 Å². The molecule has 0 aliphatic carbocycles. The maximum atomic E-state index is 10.4. The lowest BCUT2D eigenvalue weighted by Crippen LogP contribution is -2.50. The van der Waals surface area contributed by atoms with Gasteiger partial charge in [0.25, 0.3) is 0 Å². The number of hydrogen-bond donors (Lipinski definition) is 3. The summed E-state index contributed by atoms with van der Waals surface area (Å²) in [7, 11) is 0. The highest BCUT2D eigenvalue weighted by atomic mass is 32.2. The Kier molecular flexibility index (Phi) is 5.22. The molecule has 0 aromatic heterocycles. The summed E-state index contributed by atoms with van der Waals surface area (Å²) in [5.41, 5.74) is 0. The minimum absolute atomic E-state index is 0.462. The summed E-state index contributed by atoms with van der Waals surface area (Å²) in [6.45, 7) is 0. The molecule has 66 valence electrons. The van der Waals surface area contributed by atoms with Gasteiger partial charge in [0, 0.05) is 0 Å². The van der Waals surface area contributed by atoms with Crippen LogP contribution in [-0.4, -0.2) is 34.2 Å². The van der Waals surface area contributed by atoms with E-state index in [1.54, 1.807) is 11.8 Å². The second-order valence-corrected chi connectivity index (χ2v) is 3.07. The van der Waals surface area contributed by atoms with Crippen molar-refractivity contribution in [3.63, 3.8) is 0 Å². The predicted octanol–water partition coefficient (Wildman–Crippen LogP) is -0.758. The maximum Gasteiger partial charge on any atom is 0.323 e. The van der Waals surface area contributed by atoms with E-state index in [1.807, 2.05) is 6.26 Å². The van der Waals surface area contributed by atoms with Gasteiger partial charge in [0.15, 0.2) is 0 Å². The molecular weight excluding hydrogens is 166 g/mol. The van der Waals surface area contributed by atoms with E-state index in [-0.39, 0.29) is 0 Å². The second-order valence-electron chi connectivity index (χ2n) is 2.08. The Morgan fingerprint density at radius 2 is 2.27 bits per heavy atom. The lowest BCUT2D eigenvalue weighted by atomic mass is 10.2. The summed E-state index contributed by atoms with van der Waals surface area (Å²) in [5.74, 6) is 9.95. The van der Waals surface area contributed by atoms with E-state index < -0.39 is 12.0 Å². The van der Waals surface area contributed by atoms with Crippen LogP contribution in [0.3, 0.4) is 0 Å². The third-order valence-electron chi connectivity index (χ3n) is 1.24. The van der Waals surface area contributed by atoms with Crippen LogP contribution in [0, 0.1) is 0 Å². The molecule has 0 amide bonds. The standard InChI is InChI=1S/C5H13N3O2S/c1-11-3-2-4(5(9)10)8(6)7/h4H,2-3,6-7H2,1H3,(H,9,10)/t4-/m0/s1. The lowest BCUT2D eigenvalue weighted by molar-refractivity contribution is -0.143. The van der Waals surface area contributed by atoms with Crippen LogP contribution in [0.1, 0.15) is 6.42 Å². The molecule has 0 fully saturated rings. The van der Waals surface area contributed by atoms with Crippen LogP contribution < -0.4 is 11.7 Å². The van der Waals surface area contributed by atoms with Crippen LogP contribution in [0.4, 0.5) is 0 Å². The Bertz CT molecular complexity index is 131. The number of hydrogen-bond acceptors (Lipinski definition) is 5. The number of thioether (sulfide) groups is 1. The van der Waals surface area contributed by atoms with Gasteiger partial charge >= 0.3 is 5.97 Å². The molecule has 0 saturated carbocycles. The van der Waals surface area contributed by atoms with Crippen molar-refractivity contribution < 1.29 is 9.90 Å². The molecular formula is C5H13N3O2S. The van der Waals surface area contributed by atoms with E-state index in [4.69, 9.17) is 16.8 Å². The molecule has 0 aliphatic rings. The predicted molar refractivity (Wildman–Crippen MR) is 44.6 cm³/mol. The zero-order valence-electron chi connectivity index (χ0n) is 6.36. The minimum Gasteiger partial charge on any atom is -0.480 e. The summed E-state index contributed by atoms with van der Waals surface area (Å²) in [6, 6.07) is -0.776. The van der Waals surface area contributed by atoms with Crippen molar-refractivity contribution >= 4 is 17.7 Å². The SMILES string of the molecule is CSCC[C@@H](C(=O)O)N(N)N. The van der Waals surface area contributed by atoms with Crippen LogP contribution in [0.25, 0.3) is 0 Å². The van der Waals surface area contributed by atoms with Gasteiger partial charge in [-0.1, -0.05) is 0 Å². The summed E-state index contributed by atoms with van der Waals surface area (Å²) in [6.07, 6.45) is 2.36. The fraction of sp³-hybridized carbons (Fsp3) is 0.800. The minimum atomic E-state index is -0.982. The van der Waals surface area contributed by atoms with Gasteiger partial charge in [0.05, 0.1) is 0 Å². The number of rotatable bonds is 5. The summed E-state index contributed by atoms with van der Waals surface area (Å²) < 4.78 is 0. The van der Waals surface area contributed by atoms with Gasteiger partial charge in [-0.3, -0.25) is 16.5 Å². The molecule has 5 nitrogen and oxygen atoms in total. The highest BCUT2D eigenvalue weighted by Crippen LogP contribution is 2.02. The van der Waals surface area contributed by atoms with Crippen molar-refractivity contribution in [2.75, 3.05) is 12.0 Å². The average molecular weight is 179 g/mol. The summed E-state index contributed by atoms with van der Waals surface area (Å²) in [5, 5.41) is 9.29. The molecule has 1 atom stereocenters. The van der Waals surface area contributed by atoms with Crippen molar-refractivity contribution in [1.29, 1.82) is 0 Å². The molecule has 0 radical (unpaired) electrons. The highest BCUT2D eigenvalue weighted by Gasteiger charge is 2.19. The number of carbonyl (C=O) groups is 1.